The standard InChI is InChI=1S/C10H12N2O/c1-7(12)4-9-5-10(13)3-2-8(9)6-11/h2-3,5,7,13H,4,12H2,1H3/t7-/m1/s1. The molecule has 0 saturated heterocycles. The predicted molar refractivity (Wildman–Crippen MR) is 50.2 cm³/mol. The van der Waals surface area contributed by atoms with Gasteiger partial charge in [0.05, 0.1) is 11.6 Å². The van der Waals surface area contributed by atoms with Crippen molar-refractivity contribution in [3.05, 3.63) is 29.3 Å². The van der Waals surface area contributed by atoms with Crippen LogP contribution in [0.2, 0.25) is 0 Å². The third-order valence-corrected chi connectivity index (χ3v) is 1.75. The highest BCUT2D eigenvalue weighted by atomic mass is 16.3. The van der Waals surface area contributed by atoms with Crippen LogP contribution < -0.4 is 5.73 Å². The van der Waals surface area contributed by atoms with Crippen LogP contribution in [-0.2, 0) is 6.42 Å². The van der Waals surface area contributed by atoms with Crippen LogP contribution in [0, 0.1) is 11.3 Å². The van der Waals surface area contributed by atoms with Crippen LogP contribution >= 0.6 is 0 Å². The van der Waals surface area contributed by atoms with Gasteiger partial charge in [-0.05, 0) is 37.1 Å². The Morgan fingerprint density at radius 2 is 2.31 bits per heavy atom. The molecule has 0 aliphatic rings. The lowest BCUT2D eigenvalue weighted by molar-refractivity contribution is 0.474. The maximum atomic E-state index is 9.20. The van der Waals surface area contributed by atoms with Gasteiger partial charge in [-0.1, -0.05) is 0 Å². The van der Waals surface area contributed by atoms with Gasteiger partial charge < -0.3 is 10.8 Å². The minimum atomic E-state index is -0.00565. The van der Waals surface area contributed by atoms with Gasteiger partial charge in [0.2, 0.25) is 0 Å². The Labute approximate surface area is 77.4 Å². The second kappa shape index (κ2) is 3.92. The van der Waals surface area contributed by atoms with Crippen LogP contribution in [0.1, 0.15) is 18.1 Å². The highest BCUT2D eigenvalue weighted by Crippen LogP contribution is 2.16. The molecule has 0 heterocycles. The van der Waals surface area contributed by atoms with Gasteiger partial charge in [0.25, 0.3) is 0 Å². The van der Waals surface area contributed by atoms with Crippen molar-refractivity contribution >= 4 is 0 Å². The number of nitriles is 1. The summed E-state index contributed by atoms with van der Waals surface area (Å²) in [7, 11) is 0. The first-order chi connectivity index (χ1) is 6.13. The SMILES string of the molecule is C[C@@H](N)Cc1cc(O)ccc1C#N. The molecular weight excluding hydrogens is 164 g/mol. The molecule has 3 heteroatoms. The molecule has 0 aromatic heterocycles. The summed E-state index contributed by atoms with van der Waals surface area (Å²) < 4.78 is 0. The van der Waals surface area contributed by atoms with Gasteiger partial charge in [-0.2, -0.15) is 5.26 Å². The molecule has 1 aromatic rings. The van der Waals surface area contributed by atoms with E-state index in [4.69, 9.17) is 11.0 Å². The van der Waals surface area contributed by atoms with Crippen LogP contribution in [0.25, 0.3) is 0 Å². The first-order valence-electron chi connectivity index (χ1n) is 4.11. The number of phenols is 1. The number of nitrogens with zero attached hydrogens (tertiary/aromatic N) is 1. The topological polar surface area (TPSA) is 70.0 Å². The van der Waals surface area contributed by atoms with Gasteiger partial charge in [-0.3, -0.25) is 0 Å². The molecule has 0 fully saturated rings. The summed E-state index contributed by atoms with van der Waals surface area (Å²) in [5, 5.41) is 17.9. The fourth-order valence-electron chi connectivity index (χ4n) is 1.20. The lowest BCUT2D eigenvalue weighted by Gasteiger charge is -2.07. The molecule has 0 bridgehead atoms. The van der Waals surface area contributed by atoms with Crippen LogP contribution in [-0.4, -0.2) is 11.1 Å². The van der Waals surface area contributed by atoms with E-state index in [0.717, 1.165) is 5.56 Å². The maximum absolute atomic E-state index is 9.20. The molecule has 0 radical (unpaired) electrons. The quantitative estimate of drug-likeness (QED) is 0.710. The van der Waals surface area contributed by atoms with Crippen molar-refractivity contribution < 1.29 is 5.11 Å². The predicted octanol–water partition coefficient (Wildman–Crippen LogP) is 1.15. The van der Waals surface area contributed by atoms with Crippen LogP contribution in [0.5, 0.6) is 5.75 Å². The number of hydrogen-bond acceptors (Lipinski definition) is 3. The summed E-state index contributed by atoms with van der Waals surface area (Å²) in [6, 6.07) is 6.75. The highest BCUT2D eigenvalue weighted by molar-refractivity contribution is 5.42. The number of aromatic hydroxyl groups is 1. The Balaban J connectivity index is 3.03. The van der Waals surface area contributed by atoms with E-state index in [2.05, 4.69) is 6.07 Å². The van der Waals surface area contributed by atoms with Crippen LogP contribution in [0.4, 0.5) is 0 Å². The first-order valence-corrected chi connectivity index (χ1v) is 4.11. The average Bonchev–Trinajstić information content (AvgIpc) is 2.03. The Morgan fingerprint density at radius 3 is 2.85 bits per heavy atom. The number of nitrogens with two attached hydrogens (primary N) is 1. The minimum Gasteiger partial charge on any atom is -0.508 e. The molecule has 0 aliphatic heterocycles. The van der Waals surface area contributed by atoms with Crippen molar-refractivity contribution in [2.75, 3.05) is 0 Å². The molecule has 13 heavy (non-hydrogen) atoms. The van der Waals surface area contributed by atoms with Crippen LogP contribution in [0.15, 0.2) is 18.2 Å². The zero-order valence-corrected chi connectivity index (χ0v) is 7.49. The third-order valence-electron chi connectivity index (χ3n) is 1.75. The molecule has 3 N–H and O–H groups in total. The third kappa shape index (κ3) is 2.46. The van der Waals surface area contributed by atoms with E-state index in [1.54, 1.807) is 12.1 Å². The Hall–Kier alpha value is -1.53. The second-order valence-corrected chi connectivity index (χ2v) is 3.13. The summed E-state index contributed by atoms with van der Waals surface area (Å²) in [5.41, 5.74) is 6.99. The number of rotatable bonds is 2. The summed E-state index contributed by atoms with van der Waals surface area (Å²) in [4.78, 5) is 0. The molecule has 0 aliphatic carbocycles. The lowest BCUT2D eigenvalue weighted by atomic mass is 10.0. The smallest absolute Gasteiger partial charge is 0.115 e. The summed E-state index contributed by atoms with van der Waals surface area (Å²) in [6.07, 6.45) is 0.608. The van der Waals surface area contributed by atoms with Gasteiger partial charge >= 0.3 is 0 Å². The Bertz CT molecular complexity index is 339. The summed E-state index contributed by atoms with van der Waals surface area (Å²) in [6.45, 7) is 1.87. The molecular formula is C10H12N2O. The number of hydrogen-bond donors (Lipinski definition) is 2. The molecule has 0 amide bonds. The summed E-state index contributed by atoms with van der Waals surface area (Å²) >= 11 is 0. The van der Waals surface area contributed by atoms with Crippen molar-refractivity contribution in [2.45, 2.75) is 19.4 Å². The van der Waals surface area contributed by atoms with Gasteiger partial charge in [-0.25, -0.2) is 0 Å². The lowest BCUT2D eigenvalue weighted by Crippen LogP contribution is -2.18. The van der Waals surface area contributed by atoms with Crippen molar-refractivity contribution in [2.24, 2.45) is 5.73 Å². The molecule has 1 rings (SSSR count). The largest absolute Gasteiger partial charge is 0.508 e. The van der Waals surface area contributed by atoms with E-state index in [9.17, 15) is 5.11 Å². The number of benzene rings is 1. The Morgan fingerprint density at radius 1 is 1.62 bits per heavy atom. The zero-order valence-electron chi connectivity index (χ0n) is 7.49. The van der Waals surface area contributed by atoms with E-state index >= 15 is 0 Å². The highest BCUT2D eigenvalue weighted by Gasteiger charge is 2.05. The van der Waals surface area contributed by atoms with E-state index in [0.29, 0.717) is 12.0 Å². The first kappa shape index (κ1) is 9.56. The monoisotopic (exact) mass is 176 g/mol. The van der Waals surface area contributed by atoms with Gasteiger partial charge in [0.1, 0.15) is 5.75 Å². The van der Waals surface area contributed by atoms with Gasteiger partial charge in [0, 0.05) is 6.04 Å². The molecule has 1 aromatic carbocycles. The maximum Gasteiger partial charge on any atom is 0.115 e. The van der Waals surface area contributed by atoms with E-state index < -0.39 is 0 Å². The molecule has 0 spiro atoms. The normalized spacial score (nSPS) is 12.1. The van der Waals surface area contributed by atoms with Crippen molar-refractivity contribution in [3.63, 3.8) is 0 Å². The molecule has 0 saturated carbocycles. The zero-order chi connectivity index (χ0) is 9.84. The second-order valence-electron chi connectivity index (χ2n) is 3.13. The van der Waals surface area contributed by atoms with Crippen LogP contribution in [0.3, 0.4) is 0 Å². The van der Waals surface area contributed by atoms with Gasteiger partial charge in [-0.15, -0.1) is 0 Å². The van der Waals surface area contributed by atoms with E-state index in [1.165, 1.54) is 6.07 Å². The Kier molecular flexibility index (Phi) is 2.88. The number of phenolic OH excluding ortho intramolecular Hbond substituents is 1. The fourth-order valence-corrected chi connectivity index (χ4v) is 1.20. The van der Waals surface area contributed by atoms with Crippen molar-refractivity contribution in [3.8, 4) is 11.8 Å². The van der Waals surface area contributed by atoms with E-state index in [-0.39, 0.29) is 11.8 Å². The molecule has 3 nitrogen and oxygen atoms in total. The average molecular weight is 176 g/mol. The van der Waals surface area contributed by atoms with Crippen molar-refractivity contribution in [1.29, 1.82) is 5.26 Å². The minimum absolute atomic E-state index is 0.00565. The molecule has 68 valence electrons. The van der Waals surface area contributed by atoms with Gasteiger partial charge in [0.15, 0.2) is 0 Å². The van der Waals surface area contributed by atoms with E-state index in [1.807, 2.05) is 6.92 Å². The fraction of sp³-hybridized carbons (Fsp3) is 0.300. The molecule has 0 unspecified atom stereocenters. The molecule has 1 atom stereocenters. The summed E-state index contributed by atoms with van der Waals surface area (Å²) in [5.74, 6) is 0.176. The van der Waals surface area contributed by atoms with Crippen molar-refractivity contribution in [1.82, 2.24) is 0 Å².